The molecular formula is C23H27N3O2S2. The molecule has 1 aromatic carbocycles. The van der Waals surface area contributed by atoms with Crippen LogP contribution in [0.4, 0.5) is 0 Å². The normalized spacial score (nSPS) is 14.3. The lowest BCUT2D eigenvalue weighted by molar-refractivity contribution is 0.206. The maximum absolute atomic E-state index is 13.7. The molecular weight excluding hydrogens is 414 g/mol. The summed E-state index contributed by atoms with van der Waals surface area (Å²) >= 11 is 3.21. The van der Waals surface area contributed by atoms with Gasteiger partial charge in [0.05, 0.1) is 17.7 Å². The highest BCUT2D eigenvalue weighted by Crippen LogP contribution is 2.35. The molecule has 1 aliphatic rings. The average Bonchev–Trinajstić information content (AvgIpc) is 3.11. The van der Waals surface area contributed by atoms with Crippen LogP contribution < -0.4 is 10.3 Å². The smallest absolute Gasteiger partial charge is 0.267 e. The highest BCUT2D eigenvalue weighted by Gasteiger charge is 2.26. The van der Waals surface area contributed by atoms with E-state index in [-0.39, 0.29) is 5.56 Å². The Morgan fingerprint density at radius 3 is 2.77 bits per heavy atom. The topological polar surface area (TPSA) is 47.4 Å². The van der Waals surface area contributed by atoms with Gasteiger partial charge < -0.3 is 4.74 Å². The van der Waals surface area contributed by atoms with Crippen LogP contribution in [0.25, 0.3) is 15.9 Å². The van der Waals surface area contributed by atoms with Crippen molar-refractivity contribution in [2.45, 2.75) is 44.9 Å². The minimum Gasteiger partial charge on any atom is -0.494 e. The van der Waals surface area contributed by atoms with Gasteiger partial charge in [-0.1, -0.05) is 17.8 Å². The van der Waals surface area contributed by atoms with Crippen LogP contribution in [0.1, 0.15) is 31.2 Å². The Balaban J connectivity index is 1.86. The highest BCUT2D eigenvalue weighted by molar-refractivity contribution is 7.99. The lowest BCUT2D eigenvalue weighted by Crippen LogP contribution is -2.35. The Kier molecular flexibility index (Phi) is 6.32. The van der Waals surface area contributed by atoms with Crippen molar-refractivity contribution in [1.82, 2.24) is 14.5 Å². The number of hydrogen-bond donors (Lipinski definition) is 0. The Bertz CT molecular complexity index is 1120. The van der Waals surface area contributed by atoms with Crippen LogP contribution >= 0.6 is 23.1 Å². The van der Waals surface area contributed by atoms with Crippen LogP contribution in [-0.2, 0) is 13.0 Å². The average molecular weight is 442 g/mol. The van der Waals surface area contributed by atoms with Gasteiger partial charge in [0.1, 0.15) is 10.6 Å². The van der Waals surface area contributed by atoms with E-state index < -0.39 is 0 Å². The molecule has 4 rings (SSSR count). The van der Waals surface area contributed by atoms with Crippen LogP contribution in [0.15, 0.2) is 46.9 Å². The largest absolute Gasteiger partial charge is 0.494 e. The van der Waals surface area contributed by atoms with Crippen molar-refractivity contribution in [3.8, 4) is 11.4 Å². The fourth-order valence-corrected chi connectivity index (χ4v) is 5.83. The molecule has 0 spiro atoms. The lowest BCUT2D eigenvalue weighted by Gasteiger charge is -2.30. The number of aromatic nitrogens is 2. The summed E-state index contributed by atoms with van der Waals surface area (Å²) in [4.78, 5) is 23.2. The number of benzene rings is 1. The van der Waals surface area contributed by atoms with Gasteiger partial charge in [0.2, 0.25) is 0 Å². The van der Waals surface area contributed by atoms with Crippen molar-refractivity contribution >= 4 is 33.3 Å². The molecule has 0 fully saturated rings. The number of nitrogens with zero attached hydrogens (tertiary/aromatic N) is 3. The monoisotopic (exact) mass is 441 g/mol. The molecule has 7 heteroatoms. The van der Waals surface area contributed by atoms with Gasteiger partial charge in [-0.05, 0) is 57.0 Å². The fourth-order valence-electron chi connectivity index (χ4n) is 3.80. The fraction of sp³-hybridized carbons (Fsp3) is 0.391. The van der Waals surface area contributed by atoms with Gasteiger partial charge >= 0.3 is 0 Å². The van der Waals surface area contributed by atoms with E-state index >= 15 is 0 Å². The quantitative estimate of drug-likeness (QED) is 0.297. The first-order valence-corrected chi connectivity index (χ1v) is 12.1. The van der Waals surface area contributed by atoms with Crippen LogP contribution in [0.2, 0.25) is 0 Å². The molecule has 0 amide bonds. The zero-order valence-electron chi connectivity index (χ0n) is 17.7. The minimum atomic E-state index is 0.0196. The van der Waals surface area contributed by atoms with Gasteiger partial charge in [0.15, 0.2) is 5.16 Å². The first-order valence-electron chi connectivity index (χ1n) is 10.3. The summed E-state index contributed by atoms with van der Waals surface area (Å²) < 4.78 is 7.30. The molecule has 0 aliphatic carbocycles. The maximum atomic E-state index is 13.7. The minimum absolute atomic E-state index is 0.0196. The molecule has 0 unspecified atom stereocenters. The summed E-state index contributed by atoms with van der Waals surface area (Å²) in [5, 5.41) is 1.49. The van der Waals surface area contributed by atoms with E-state index in [0.717, 1.165) is 41.2 Å². The van der Waals surface area contributed by atoms with Gasteiger partial charge in [-0.2, -0.15) is 0 Å². The Morgan fingerprint density at radius 1 is 1.33 bits per heavy atom. The molecule has 1 aliphatic heterocycles. The van der Waals surface area contributed by atoms with E-state index in [1.807, 2.05) is 37.3 Å². The summed E-state index contributed by atoms with van der Waals surface area (Å²) in [6.07, 6.45) is 2.73. The molecule has 2 aromatic heterocycles. The summed E-state index contributed by atoms with van der Waals surface area (Å²) in [6, 6.07) is 8.16. The summed E-state index contributed by atoms with van der Waals surface area (Å²) in [5.41, 5.74) is 2.01. The van der Waals surface area contributed by atoms with Crippen LogP contribution in [0.5, 0.6) is 5.75 Å². The first-order chi connectivity index (χ1) is 14.5. The van der Waals surface area contributed by atoms with Crippen LogP contribution in [-0.4, -0.2) is 39.4 Å². The number of rotatable bonds is 7. The predicted octanol–water partition coefficient (Wildman–Crippen LogP) is 4.89. The van der Waals surface area contributed by atoms with Crippen molar-refractivity contribution < 1.29 is 4.74 Å². The van der Waals surface area contributed by atoms with Crippen LogP contribution in [0.3, 0.4) is 0 Å². The third kappa shape index (κ3) is 3.94. The standard InChI is InChI=1S/C23H27N3O2S2/c1-5-13-29-23-24-21-20(18-11-12-25(15(3)4)14-19(18)30-21)22(27)26(23)16-7-9-17(10-8-16)28-6-2/h5,7-10,15H,1,6,11-14H2,2-4H3. The molecule has 3 aromatic rings. The van der Waals surface area contributed by atoms with E-state index in [2.05, 4.69) is 25.3 Å². The molecule has 0 radical (unpaired) electrons. The second-order valence-corrected chi connectivity index (χ2v) is 9.63. The van der Waals surface area contributed by atoms with E-state index in [4.69, 9.17) is 9.72 Å². The van der Waals surface area contributed by atoms with E-state index in [9.17, 15) is 4.79 Å². The second-order valence-electron chi connectivity index (χ2n) is 7.56. The van der Waals surface area contributed by atoms with Crippen LogP contribution in [0, 0.1) is 0 Å². The van der Waals surface area contributed by atoms with Crippen molar-refractivity contribution in [3.05, 3.63) is 57.7 Å². The van der Waals surface area contributed by atoms with Crippen molar-refractivity contribution in [2.75, 3.05) is 18.9 Å². The highest BCUT2D eigenvalue weighted by atomic mass is 32.2. The summed E-state index contributed by atoms with van der Waals surface area (Å²) in [7, 11) is 0. The molecule has 0 bridgehead atoms. The SMILES string of the molecule is C=CCSc1nc2sc3c(c2c(=O)n1-c1ccc(OCC)cc1)CCN(C(C)C)C3. The van der Waals surface area contributed by atoms with Gasteiger partial charge in [-0.15, -0.1) is 17.9 Å². The zero-order chi connectivity index (χ0) is 21.3. The van der Waals surface area contributed by atoms with Gasteiger partial charge in [-0.3, -0.25) is 14.3 Å². The molecule has 0 atom stereocenters. The molecule has 0 saturated heterocycles. The number of fused-ring (bicyclic) bond motifs is 3. The van der Waals surface area contributed by atoms with Gasteiger partial charge in [0, 0.05) is 29.8 Å². The number of ether oxygens (including phenoxy) is 1. The Hall–Kier alpha value is -2.09. The number of thioether (sulfide) groups is 1. The third-order valence-electron chi connectivity index (χ3n) is 5.34. The summed E-state index contributed by atoms with van der Waals surface area (Å²) in [6.45, 7) is 12.7. The van der Waals surface area contributed by atoms with E-state index in [0.29, 0.717) is 23.6 Å². The lowest BCUT2D eigenvalue weighted by atomic mass is 10.0. The van der Waals surface area contributed by atoms with E-state index in [1.165, 1.54) is 22.2 Å². The molecule has 0 saturated carbocycles. The van der Waals surface area contributed by atoms with Gasteiger partial charge in [0.25, 0.3) is 5.56 Å². The van der Waals surface area contributed by atoms with E-state index in [1.54, 1.807) is 15.9 Å². The summed E-state index contributed by atoms with van der Waals surface area (Å²) in [5.74, 6) is 1.49. The van der Waals surface area contributed by atoms with Crippen molar-refractivity contribution in [2.24, 2.45) is 0 Å². The Morgan fingerprint density at radius 2 is 2.10 bits per heavy atom. The maximum Gasteiger partial charge on any atom is 0.267 e. The first kappa shape index (κ1) is 21.2. The second kappa shape index (κ2) is 8.96. The molecule has 158 valence electrons. The zero-order valence-corrected chi connectivity index (χ0v) is 19.3. The Labute approximate surface area is 185 Å². The van der Waals surface area contributed by atoms with Crippen molar-refractivity contribution in [3.63, 3.8) is 0 Å². The molecule has 30 heavy (non-hydrogen) atoms. The third-order valence-corrected chi connectivity index (χ3v) is 7.38. The number of hydrogen-bond acceptors (Lipinski definition) is 6. The molecule has 5 nitrogen and oxygen atoms in total. The molecule has 0 N–H and O–H groups in total. The number of thiophene rings is 1. The van der Waals surface area contributed by atoms with Crippen molar-refractivity contribution in [1.29, 1.82) is 0 Å². The predicted molar refractivity (Wildman–Crippen MR) is 127 cm³/mol. The molecule has 3 heterocycles. The van der Waals surface area contributed by atoms with Gasteiger partial charge in [-0.25, -0.2) is 4.98 Å².